The van der Waals surface area contributed by atoms with Crippen LogP contribution in [-0.4, -0.2) is 11.3 Å². The fourth-order valence-corrected chi connectivity index (χ4v) is 2.16. The molecule has 2 aromatic carbocycles. The summed E-state index contributed by atoms with van der Waals surface area (Å²) in [7, 11) is 0. The van der Waals surface area contributed by atoms with E-state index in [9.17, 15) is 9.18 Å². The molecule has 19 heavy (non-hydrogen) atoms. The summed E-state index contributed by atoms with van der Waals surface area (Å²) in [6.45, 7) is 0. The SMILES string of the molecule is O=Cc1cc(-c2cccc3ncccc23)ccc1F. The quantitative estimate of drug-likeness (QED) is 0.647. The summed E-state index contributed by atoms with van der Waals surface area (Å²) in [6.07, 6.45) is 2.26. The Hall–Kier alpha value is -2.55. The summed E-state index contributed by atoms with van der Waals surface area (Å²) in [5.41, 5.74) is 2.69. The molecule has 0 N–H and O–H groups in total. The van der Waals surface area contributed by atoms with E-state index < -0.39 is 5.82 Å². The van der Waals surface area contributed by atoms with E-state index in [0.29, 0.717) is 6.29 Å². The molecule has 3 rings (SSSR count). The minimum Gasteiger partial charge on any atom is -0.298 e. The second-order valence-electron chi connectivity index (χ2n) is 4.23. The van der Waals surface area contributed by atoms with E-state index in [1.165, 1.54) is 6.07 Å². The van der Waals surface area contributed by atoms with E-state index >= 15 is 0 Å². The molecule has 1 heterocycles. The Bertz CT molecular complexity index is 762. The lowest BCUT2D eigenvalue weighted by Gasteiger charge is -2.07. The highest BCUT2D eigenvalue weighted by molar-refractivity contribution is 5.95. The highest BCUT2D eigenvalue weighted by atomic mass is 19.1. The van der Waals surface area contributed by atoms with Crippen molar-refractivity contribution in [2.24, 2.45) is 0 Å². The number of carbonyl (C=O) groups excluding carboxylic acids is 1. The van der Waals surface area contributed by atoms with Crippen LogP contribution in [0, 0.1) is 5.82 Å². The van der Waals surface area contributed by atoms with Crippen molar-refractivity contribution in [2.75, 3.05) is 0 Å². The number of hydrogen-bond acceptors (Lipinski definition) is 2. The molecule has 0 aliphatic rings. The van der Waals surface area contributed by atoms with Gasteiger partial charge < -0.3 is 0 Å². The lowest BCUT2D eigenvalue weighted by Crippen LogP contribution is -1.89. The molecule has 0 saturated carbocycles. The predicted octanol–water partition coefficient (Wildman–Crippen LogP) is 3.85. The van der Waals surface area contributed by atoms with Crippen LogP contribution in [0.4, 0.5) is 4.39 Å². The van der Waals surface area contributed by atoms with E-state index in [1.807, 2.05) is 30.3 Å². The van der Waals surface area contributed by atoms with Crippen molar-refractivity contribution in [3.63, 3.8) is 0 Å². The fourth-order valence-electron chi connectivity index (χ4n) is 2.16. The van der Waals surface area contributed by atoms with Crippen LogP contribution in [-0.2, 0) is 0 Å². The number of aldehydes is 1. The molecule has 0 amide bonds. The van der Waals surface area contributed by atoms with Crippen molar-refractivity contribution in [3.05, 3.63) is 66.1 Å². The van der Waals surface area contributed by atoms with Gasteiger partial charge in [0.2, 0.25) is 0 Å². The van der Waals surface area contributed by atoms with Gasteiger partial charge in [0.15, 0.2) is 6.29 Å². The number of pyridine rings is 1. The Morgan fingerprint density at radius 3 is 2.79 bits per heavy atom. The molecule has 0 atom stereocenters. The lowest BCUT2D eigenvalue weighted by atomic mass is 9.99. The maximum Gasteiger partial charge on any atom is 0.153 e. The Labute approximate surface area is 109 Å². The predicted molar refractivity (Wildman–Crippen MR) is 72.5 cm³/mol. The van der Waals surface area contributed by atoms with Gasteiger partial charge in [-0.25, -0.2) is 4.39 Å². The number of nitrogens with zero attached hydrogens (tertiary/aromatic N) is 1. The smallest absolute Gasteiger partial charge is 0.153 e. The molecule has 0 bridgehead atoms. The summed E-state index contributed by atoms with van der Waals surface area (Å²) in [5, 5.41) is 0.980. The topological polar surface area (TPSA) is 30.0 Å². The van der Waals surface area contributed by atoms with Gasteiger partial charge in [-0.05, 0) is 35.4 Å². The first kappa shape index (κ1) is 11.5. The van der Waals surface area contributed by atoms with E-state index in [4.69, 9.17) is 0 Å². The molecule has 0 spiro atoms. The van der Waals surface area contributed by atoms with Crippen LogP contribution in [0.1, 0.15) is 10.4 Å². The van der Waals surface area contributed by atoms with E-state index in [-0.39, 0.29) is 5.56 Å². The number of rotatable bonds is 2. The lowest BCUT2D eigenvalue weighted by molar-refractivity contribution is 0.112. The number of carbonyl (C=O) groups is 1. The van der Waals surface area contributed by atoms with Gasteiger partial charge >= 0.3 is 0 Å². The van der Waals surface area contributed by atoms with E-state index in [0.717, 1.165) is 22.0 Å². The fraction of sp³-hybridized carbons (Fsp3) is 0. The maximum absolute atomic E-state index is 13.4. The highest BCUT2D eigenvalue weighted by Crippen LogP contribution is 2.28. The van der Waals surface area contributed by atoms with Crippen molar-refractivity contribution in [2.45, 2.75) is 0 Å². The van der Waals surface area contributed by atoms with Crippen LogP contribution in [0.25, 0.3) is 22.0 Å². The zero-order chi connectivity index (χ0) is 13.2. The molecule has 3 heteroatoms. The second-order valence-corrected chi connectivity index (χ2v) is 4.23. The molecule has 0 saturated heterocycles. The van der Waals surface area contributed by atoms with Crippen LogP contribution < -0.4 is 0 Å². The van der Waals surface area contributed by atoms with Gasteiger partial charge in [-0.1, -0.05) is 24.3 Å². The summed E-state index contributed by atoms with van der Waals surface area (Å²) in [5.74, 6) is -0.503. The Kier molecular flexibility index (Phi) is 2.80. The van der Waals surface area contributed by atoms with E-state index in [1.54, 1.807) is 18.3 Å². The van der Waals surface area contributed by atoms with Gasteiger partial charge in [0.25, 0.3) is 0 Å². The summed E-state index contributed by atoms with van der Waals surface area (Å²) < 4.78 is 13.4. The number of aromatic nitrogens is 1. The molecule has 92 valence electrons. The summed E-state index contributed by atoms with van der Waals surface area (Å²) in [4.78, 5) is 15.1. The zero-order valence-electron chi connectivity index (χ0n) is 10.0. The normalized spacial score (nSPS) is 10.6. The average Bonchev–Trinajstić information content (AvgIpc) is 2.47. The molecule has 0 aliphatic carbocycles. The zero-order valence-corrected chi connectivity index (χ0v) is 10.0. The second kappa shape index (κ2) is 4.61. The molecule has 1 aromatic heterocycles. The Morgan fingerprint density at radius 2 is 1.95 bits per heavy atom. The highest BCUT2D eigenvalue weighted by Gasteiger charge is 2.07. The third-order valence-electron chi connectivity index (χ3n) is 3.08. The van der Waals surface area contributed by atoms with E-state index in [2.05, 4.69) is 4.98 Å². The van der Waals surface area contributed by atoms with Gasteiger partial charge in [-0.2, -0.15) is 0 Å². The summed E-state index contributed by atoms with van der Waals surface area (Å²) in [6, 6.07) is 14.1. The first-order valence-electron chi connectivity index (χ1n) is 5.88. The minimum atomic E-state index is -0.503. The monoisotopic (exact) mass is 251 g/mol. The van der Waals surface area contributed by atoms with Gasteiger partial charge in [-0.15, -0.1) is 0 Å². The summed E-state index contributed by atoms with van der Waals surface area (Å²) >= 11 is 0. The van der Waals surface area contributed by atoms with Crippen LogP contribution in [0.2, 0.25) is 0 Å². The van der Waals surface area contributed by atoms with Crippen molar-refractivity contribution >= 4 is 17.2 Å². The van der Waals surface area contributed by atoms with Crippen LogP contribution in [0.15, 0.2) is 54.7 Å². The third kappa shape index (κ3) is 1.99. The standard InChI is InChI=1S/C16H10FNO/c17-15-7-6-11(9-12(15)10-19)13-3-1-5-16-14(13)4-2-8-18-16/h1-10H. The van der Waals surface area contributed by atoms with Gasteiger partial charge in [-0.3, -0.25) is 9.78 Å². The van der Waals surface area contributed by atoms with Crippen LogP contribution in [0.5, 0.6) is 0 Å². The maximum atomic E-state index is 13.4. The number of fused-ring (bicyclic) bond motifs is 1. The molecular formula is C16H10FNO. The van der Waals surface area contributed by atoms with Crippen LogP contribution in [0.3, 0.4) is 0 Å². The van der Waals surface area contributed by atoms with Crippen molar-refractivity contribution in [1.29, 1.82) is 0 Å². The molecule has 3 aromatic rings. The molecule has 0 fully saturated rings. The van der Waals surface area contributed by atoms with Crippen molar-refractivity contribution in [3.8, 4) is 11.1 Å². The Balaban J connectivity index is 2.27. The minimum absolute atomic E-state index is 0.0680. The average molecular weight is 251 g/mol. The molecular weight excluding hydrogens is 241 g/mol. The number of benzene rings is 2. The molecule has 0 radical (unpaired) electrons. The number of hydrogen-bond donors (Lipinski definition) is 0. The molecule has 2 nitrogen and oxygen atoms in total. The van der Waals surface area contributed by atoms with Crippen LogP contribution >= 0.6 is 0 Å². The van der Waals surface area contributed by atoms with Gasteiger partial charge in [0.05, 0.1) is 11.1 Å². The van der Waals surface area contributed by atoms with Gasteiger partial charge in [0.1, 0.15) is 5.82 Å². The first-order chi connectivity index (χ1) is 9.29. The van der Waals surface area contributed by atoms with Gasteiger partial charge in [0, 0.05) is 11.6 Å². The third-order valence-corrected chi connectivity index (χ3v) is 3.08. The number of halogens is 1. The van der Waals surface area contributed by atoms with Crippen molar-refractivity contribution < 1.29 is 9.18 Å². The molecule has 0 unspecified atom stereocenters. The Morgan fingerprint density at radius 1 is 1.05 bits per heavy atom. The first-order valence-corrected chi connectivity index (χ1v) is 5.88. The molecule has 0 aliphatic heterocycles. The largest absolute Gasteiger partial charge is 0.298 e. The van der Waals surface area contributed by atoms with Crippen molar-refractivity contribution in [1.82, 2.24) is 4.98 Å².